The molecule has 0 amide bonds. The van der Waals surface area contributed by atoms with Crippen molar-refractivity contribution < 1.29 is 30.0 Å². The summed E-state index contributed by atoms with van der Waals surface area (Å²) in [4.78, 5) is 17.1. The summed E-state index contributed by atoms with van der Waals surface area (Å²) < 4.78 is 0. The molecule has 0 heterocycles. The van der Waals surface area contributed by atoms with Crippen LogP contribution in [0.15, 0.2) is 30.3 Å². The monoisotopic (exact) mass is 274 g/mol. The highest BCUT2D eigenvalue weighted by Crippen LogP contribution is 1.92. The Bertz CT molecular complexity index is 288. The standard InChI is InChI=1S/C7H8.C4H10.2CH2O3/c1-7-5-3-2-4-6-7;1-3-4-2;2*2-1(3)4/h2-6H,1H3;3-4H2,1-2H3;2*(H2,2,3,4). The summed E-state index contributed by atoms with van der Waals surface area (Å²) in [7, 11) is 0. The molecule has 4 N–H and O–H groups in total. The minimum absolute atomic E-state index is 1.32. The van der Waals surface area contributed by atoms with Crippen molar-refractivity contribution in [1.82, 2.24) is 0 Å². The summed E-state index contributed by atoms with van der Waals surface area (Å²) in [6.45, 7) is 6.44. The van der Waals surface area contributed by atoms with Gasteiger partial charge < -0.3 is 20.4 Å². The predicted molar refractivity (Wildman–Crippen MR) is 73.1 cm³/mol. The van der Waals surface area contributed by atoms with Gasteiger partial charge in [0.25, 0.3) is 0 Å². The van der Waals surface area contributed by atoms with E-state index in [4.69, 9.17) is 30.0 Å². The molecule has 110 valence electrons. The van der Waals surface area contributed by atoms with Crippen LogP contribution in [0.5, 0.6) is 0 Å². The molecule has 6 nitrogen and oxygen atoms in total. The van der Waals surface area contributed by atoms with Gasteiger partial charge in [-0.3, -0.25) is 0 Å². The number of hydrogen-bond acceptors (Lipinski definition) is 2. The Morgan fingerprint density at radius 3 is 1.21 bits per heavy atom. The lowest BCUT2D eigenvalue weighted by Gasteiger charge is -1.82. The predicted octanol–water partition coefficient (Wildman–Crippen LogP) is 4.25. The molecule has 0 radical (unpaired) electrons. The number of carboxylic acid groups (broad SMARTS) is 4. The normalized spacial score (nSPS) is 7.32. The molecule has 0 aliphatic carbocycles. The highest BCUT2D eigenvalue weighted by Gasteiger charge is 1.72. The van der Waals surface area contributed by atoms with E-state index >= 15 is 0 Å². The molecule has 19 heavy (non-hydrogen) atoms. The molecule has 0 unspecified atom stereocenters. The lowest BCUT2D eigenvalue weighted by molar-refractivity contribution is 0.135. The van der Waals surface area contributed by atoms with Gasteiger partial charge in [-0.1, -0.05) is 62.6 Å². The smallest absolute Gasteiger partial charge is 0.450 e. The Labute approximate surface area is 113 Å². The van der Waals surface area contributed by atoms with Crippen LogP contribution < -0.4 is 0 Å². The summed E-state index contributed by atoms with van der Waals surface area (Å²) in [5.41, 5.74) is 1.32. The number of hydrogen-bond donors (Lipinski definition) is 4. The van der Waals surface area contributed by atoms with Crippen LogP contribution in [0.1, 0.15) is 32.3 Å². The maximum absolute atomic E-state index is 8.56. The number of rotatable bonds is 1. The zero-order valence-electron chi connectivity index (χ0n) is 11.4. The minimum Gasteiger partial charge on any atom is -0.450 e. The summed E-state index contributed by atoms with van der Waals surface area (Å²) in [6, 6.07) is 10.3. The van der Waals surface area contributed by atoms with E-state index in [1.54, 1.807) is 0 Å². The molecule has 0 saturated carbocycles. The fraction of sp³-hybridized carbons (Fsp3) is 0.385. The average Bonchev–Trinajstić information content (AvgIpc) is 2.29. The quantitative estimate of drug-likeness (QED) is 0.608. The van der Waals surface area contributed by atoms with Crippen molar-refractivity contribution >= 4 is 12.3 Å². The molecular formula is C13H22O6. The molecule has 0 fully saturated rings. The van der Waals surface area contributed by atoms with Gasteiger partial charge >= 0.3 is 12.3 Å². The minimum atomic E-state index is -1.83. The lowest BCUT2D eigenvalue weighted by atomic mass is 10.2. The van der Waals surface area contributed by atoms with Gasteiger partial charge in [0.2, 0.25) is 0 Å². The van der Waals surface area contributed by atoms with E-state index in [1.807, 2.05) is 18.2 Å². The molecule has 0 atom stereocenters. The Balaban J connectivity index is -0.000000189. The molecule has 0 aliphatic rings. The third kappa shape index (κ3) is 65.3. The van der Waals surface area contributed by atoms with Gasteiger partial charge in [-0.15, -0.1) is 0 Å². The fourth-order valence-corrected chi connectivity index (χ4v) is 0.534. The van der Waals surface area contributed by atoms with E-state index in [1.165, 1.54) is 18.4 Å². The van der Waals surface area contributed by atoms with E-state index in [-0.39, 0.29) is 0 Å². The van der Waals surface area contributed by atoms with Crippen LogP contribution in [0.2, 0.25) is 0 Å². The first-order valence-electron chi connectivity index (χ1n) is 5.63. The maximum Gasteiger partial charge on any atom is 0.503 e. The molecule has 0 saturated heterocycles. The summed E-state index contributed by atoms with van der Waals surface area (Å²) in [6.07, 6.45) is -1.03. The molecule has 1 aromatic carbocycles. The summed E-state index contributed by atoms with van der Waals surface area (Å²) in [5.74, 6) is 0. The largest absolute Gasteiger partial charge is 0.503 e. The topological polar surface area (TPSA) is 115 Å². The second-order valence-corrected chi connectivity index (χ2v) is 3.22. The van der Waals surface area contributed by atoms with Crippen molar-refractivity contribution in [3.8, 4) is 0 Å². The summed E-state index contributed by atoms with van der Waals surface area (Å²) in [5, 5.41) is 27.9. The average molecular weight is 274 g/mol. The summed E-state index contributed by atoms with van der Waals surface area (Å²) >= 11 is 0. The van der Waals surface area contributed by atoms with E-state index in [0.29, 0.717) is 0 Å². The SMILES string of the molecule is CCCC.Cc1ccccc1.O=C(O)O.O=C(O)O. The van der Waals surface area contributed by atoms with E-state index in [9.17, 15) is 0 Å². The first kappa shape index (κ1) is 22.0. The molecule has 0 aliphatic heterocycles. The van der Waals surface area contributed by atoms with Crippen molar-refractivity contribution in [3.63, 3.8) is 0 Å². The third-order valence-electron chi connectivity index (χ3n) is 1.44. The zero-order chi connectivity index (χ0) is 15.7. The maximum atomic E-state index is 8.56. The number of unbranched alkanes of at least 4 members (excludes halogenated alkanes) is 1. The van der Waals surface area contributed by atoms with Crippen LogP contribution in [0, 0.1) is 6.92 Å². The molecule has 1 aromatic rings. The van der Waals surface area contributed by atoms with Gasteiger partial charge in [-0.2, -0.15) is 0 Å². The van der Waals surface area contributed by atoms with Crippen molar-refractivity contribution in [2.75, 3.05) is 0 Å². The van der Waals surface area contributed by atoms with Crippen molar-refractivity contribution in [2.45, 2.75) is 33.6 Å². The van der Waals surface area contributed by atoms with Gasteiger partial charge in [0.15, 0.2) is 0 Å². The van der Waals surface area contributed by atoms with E-state index in [0.717, 1.165) is 0 Å². The van der Waals surface area contributed by atoms with E-state index in [2.05, 4.69) is 32.9 Å². The van der Waals surface area contributed by atoms with Gasteiger partial charge in [0, 0.05) is 0 Å². The Morgan fingerprint density at radius 1 is 0.842 bits per heavy atom. The molecule has 0 spiro atoms. The van der Waals surface area contributed by atoms with Gasteiger partial charge in [-0.05, 0) is 6.92 Å². The fourth-order valence-electron chi connectivity index (χ4n) is 0.534. The Morgan fingerprint density at radius 2 is 1.11 bits per heavy atom. The molecule has 0 aromatic heterocycles. The van der Waals surface area contributed by atoms with Gasteiger partial charge in [0.1, 0.15) is 0 Å². The van der Waals surface area contributed by atoms with Crippen LogP contribution >= 0.6 is 0 Å². The first-order valence-corrected chi connectivity index (χ1v) is 5.63. The van der Waals surface area contributed by atoms with Crippen LogP contribution in [0.3, 0.4) is 0 Å². The van der Waals surface area contributed by atoms with Crippen LogP contribution in [-0.2, 0) is 0 Å². The number of carbonyl (C=O) groups is 2. The van der Waals surface area contributed by atoms with Crippen molar-refractivity contribution in [3.05, 3.63) is 35.9 Å². The molecular weight excluding hydrogens is 252 g/mol. The highest BCUT2D eigenvalue weighted by atomic mass is 16.6. The second-order valence-electron chi connectivity index (χ2n) is 3.22. The van der Waals surface area contributed by atoms with Crippen molar-refractivity contribution in [1.29, 1.82) is 0 Å². The Kier molecular flexibility index (Phi) is 21.0. The van der Waals surface area contributed by atoms with Gasteiger partial charge in [0.05, 0.1) is 0 Å². The lowest BCUT2D eigenvalue weighted by Crippen LogP contribution is -1.81. The number of benzene rings is 1. The highest BCUT2D eigenvalue weighted by molar-refractivity contribution is 5.53. The van der Waals surface area contributed by atoms with Gasteiger partial charge in [-0.25, -0.2) is 9.59 Å². The molecule has 1 rings (SSSR count). The van der Waals surface area contributed by atoms with Crippen LogP contribution in [0.25, 0.3) is 0 Å². The zero-order valence-corrected chi connectivity index (χ0v) is 11.4. The number of aryl methyl sites for hydroxylation is 1. The van der Waals surface area contributed by atoms with Crippen LogP contribution in [0.4, 0.5) is 9.59 Å². The second kappa shape index (κ2) is 18.1. The van der Waals surface area contributed by atoms with E-state index < -0.39 is 12.3 Å². The first-order chi connectivity index (χ1) is 8.77. The molecule has 0 bridgehead atoms. The van der Waals surface area contributed by atoms with Crippen LogP contribution in [-0.4, -0.2) is 32.7 Å². The molecule has 6 heteroatoms. The Hall–Kier alpha value is -2.24. The van der Waals surface area contributed by atoms with Crippen molar-refractivity contribution in [2.24, 2.45) is 0 Å². The third-order valence-corrected chi connectivity index (χ3v) is 1.44.